The summed E-state index contributed by atoms with van der Waals surface area (Å²) in [6, 6.07) is -4.28. The van der Waals surface area contributed by atoms with E-state index in [1.165, 1.54) is 0 Å². The third-order valence-electron chi connectivity index (χ3n) is 1.75. The van der Waals surface area contributed by atoms with E-state index in [9.17, 15) is 19.2 Å². The van der Waals surface area contributed by atoms with E-state index in [1.54, 1.807) is 0 Å². The second kappa shape index (κ2) is 5.62. The standard InChI is InChI=1S/C6H12N6O5/c7-5(16)11(9)2(4(14)15)1-3(13)12(10)6(8)17/h2H,1,9-10H2,(H2,7,16)(H2,8,17)(H,14,15). The molecular weight excluding hydrogens is 236 g/mol. The predicted molar refractivity (Wildman–Crippen MR) is 52.3 cm³/mol. The van der Waals surface area contributed by atoms with Crippen LogP contribution < -0.4 is 23.2 Å². The van der Waals surface area contributed by atoms with Crippen LogP contribution in [0.15, 0.2) is 0 Å². The molecule has 0 saturated heterocycles. The summed E-state index contributed by atoms with van der Waals surface area (Å²) in [5, 5.41) is 8.84. The number of hydrazine groups is 2. The van der Waals surface area contributed by atoms with Crippen LogP contribution in [0.2, 0.25) is 0 Å². The number of urea groups is 2. The lowest BCUT2D eigenvalue weighted by atomic mass is 10.2. The number of carboxylic acid groups (broad SMARTS) is 1. The highest BCUT2D eigenvalue weighted by Gasteiger charge is 2.31. The first kappa shape index (κ1) is 14.6. The Morgan fingerprint density at radius 2 is 1.53 bits per heavy atom. The van der Waals surface area contributed by atoms with Crippen LogP contribution in [0.1, 0.15) is 6.42 Å². The van der Waals surface area contributed by atoms with Gasteiger partial charge in [0, 0.05) is 0 Å². The highest BCUT2D eigenvalue weighted by Crippen LogP contribution is 2.02. The first-order valence-corrected chi connectivity index (χ1v) is 4.11. The molecule has 0 heterocycles. The number of primary amides is 2. The van der Waals surface area contributed by atoms with Crippen LogP contribution in [0.5, 0.6) is 0 Å². The zero-order chi connectivity index (χ0) is 13.7. The van der Waals surface area contributed by atoms with E-state index in [2.05, 4.69) is 5.73 Å². The third-order valence-corrected chi connectivity index (χ3v) is 1.75. The molecule has 11 nitrogen and oxygen atoms in total. The SMILES string of the molecule is NC(=O)N(N)C(=O)CC(C(=O)O)N(N)C(N)=O. The summed E-state index contributed by atoms with van der Waals surface area (Å²) in [5.74, 6) is 7.25. The number of hydrogen-bond acceptors (Lipinski definition) is 6. The number of amides is 5. The lowest BCUT2D eigenvalue weighted by molar-refractivity contribution is -0.145. The summed E-state index contributed by atoms with van der Waals surface area (Å²) in [7, 11) is 0. The van der Waals surface area contributed by atoms with E-state index in [-0.39, 0.29) is 10.0 Å². The summed E-state index contributed by atoms with van der Waals surface area (Å²) < 4.78 is 0. The summed E-state index contributed by atoms with van der Waals surface area (Å²) in [6.07, 6.45) is -0.839. The van der Waals surface area contributed by atoms with Crippen LogP contribution in [-0.4, -0.2) is 45.1 Å². The third kappa shape index (κ3) is 3.92. The molecule has 0 bridgehead atoms. The van der Waals surface area contributed by atoms with Crippen LogP contribution in [0, 0.1) is 0 Å². The van der Waals surface area contributed by atoms with Crippen LogP contribution >= 0.6 is 0 Å². The fourth-order valence-corrected chi connectivity index (χ4v) is 0.845. The van der Waals surface area contributed by atoms with Crippen molar-refractivity contribution in [3.8, 4) is 0 Å². The summed E-state index contributed by atoms with van der Waals surface area (Å²) >= 11 is 0. The van der Waals surface area contributed by atoms with Crippen molar-refractivity contribution in [1.29, 1.82) is 0 Å². The van der Waals surface area contributed by atoms with Gasteiger partial charge < -0.3 is 16.6 Å². The molecule has 1 unspecified atom stereocenters. The number of carboxylic acids is 1. The largest absolute Gasteiger partial charge is 0.480 e. The van der Waals surface area contributed by atoms with Gasteiger partial charge in [0.25, 0.3) is 0 Å². The van der Waals surface area contributed by atoms with Gasteiger partial charge in [-0.15, -0.1) is 0 Å². The van der Waals surface area contributed by atoms with Crippen LogP contribution in [0.25, 0.3) is 0 Å². The Hall–Kier alpha value is -2.40. The minimum atomic E-state index is -1.74. The summed E-state index contributed by atoms with van der Waals surface area (Å²) in [6.45, 7) is 0. The number of imide groups is 1. The quantitative estimate of drug-likeness (QED) is 0.196. The van der Waals surface area contributed by atoms with Crippen molar-refractivity contribution in [3.05, 3.63) is 0 Å². The maximum atomic E-state index is 11.2. The molecular formula is C6H12N6O5. The minimum Gasteiger partial charge on any atom is -0.480 e. The molecule has 0 aromatic rings. The van der Waals surface area contributed by atoms with Gasteiger partial charge in [0.1, 0.15) is 0 Å². The second-order valence-corrected chi connectivity index (χ2v) is 2.91. The lowest BCUT2D eigenvalue weighted by Crippen LogP contribution is -2.55. The molecule has 0 aromatic carbocycles. The van der Waals surface area contributed by atoms with E-state index >= 15 is 0 Å². The predicted octanol–water partition coefficient (Wildman–Crippen LogP) is -3.13. The molecule has 0 saturated carbocycles. The molecule has 0 rings (SSSR count). The highest BCUT2D eigenvalue weighted by molar-refractivity contribution is 5.95. The number of carbonyl (C=O) groups is 4. The van der Waals surface area contributed by atoms with Gasteiger partial charge in [0.05, 0.1) is 6.42 Å². The van der Waals surface area contributed by atoms with Crippen molar-refractivity contribution in [2.45, 2.75) is 12.5 Å². The number of rotatable bonds is 4. The van der Waals surface area contributed by atoms with Gasteiger partial charge in [-0.1, -0.05) is 0 Å². The van der Waals surface area contributed by atoms with Gasteiger partial charge in [0.15, 0.2) is 6.04 Å². The highest BCUT2D eigenvalue weighted by atomic mass is 16.4. The van der Waals surface area contributed by atoms with E-state index in [4.69, 9.17) is 22.5 Å². The molecule has 9 N–H and O–H groups in total. The van der Waals surface area contributed by atoms with E-state index < -0.39 is 36.4 Å². The molecule has 0 aromatic heterocycles. The van der Waals surface area contributed by atoms with Gasteiger partial charge >= 0.3 is 18.0 Å². The summed E-state index contributed by atoms with van der Waals surface area (Å²) in [4.78, 5) is 43.1. The van der Waals surface area contributed by atoms with Gasteiger partial charge in [-0.25, -0.2) is 31.1 Å². The van der Waals surface area contributed by atoms with Crippen molar-refractivity contribution in [2.24, 2.45) is 23.2 Å². The maximum Gasteiger partial charge on any atom is 0.336 e. The minimum absolute atomic E-state index is 0.00474. The monoisotopic (exact) mass is 248 g/mol. The Bertz CT molecular complexity index is 357. The van der Waals surface area contributed by atoms with Crippen LogP contribution in [0.4, 0.5) is 9.59 Å². The molecule has 96 valence electrons. The zero-order valence-electron chi connectivity index (χ0n) is 8.57. The lowest BCUT2D eigenvalue weighted by Gasteiger charge is -2.22. The van der Waals surface area contributed by atoms with Crippen molar-refractivity contribution in [3.63, 3.8) is 0 Å². The van der Waals surface area contributed by atoms with Gasteiger partial charge in [-0.2, -0.15) is 5.01 Å². The zero-order valence-corrected chi connectivity index (χ0v) is 8.57. The van der Waals surface area contributed by atoms with Gasteiger partial charge in [-0.3, -0.25) is 4.79 Å². The maximum absolute atomic E-state index is 11.2. The first-order chi connectivity index (χ1) is 7.68. The smallest absolute Gasteiger partial charge is 0.336 e. The molecule has 17 heavy (non-hydrogen) atoms. The molecule has 5 amide bonds. The van der Waals surface area contributed by atoms with Crippen LogP contribution in [0.3, 0.4) is 0 Å². The Balaban J connectivity index is 4.79. The molecule has 1 atom stereocenters. The van der Waals surface area contributed by atoms with Crippen LogP contribution in [-0.2, 0) is 9.59 Å². The fraction of sp³-hybridized carbons (Fsp3) is 0.333. The number of nitrogens with zero attached hydrogens (tertiary/aromatic N) is 2. The van der Waals surface area contributed by atoms with Crippen molar-refractivity contribution in [2.75, 3.05) is 0 Å². The topological polar surface area (TPSA) is 199 Å². The van der Waals surface area contributed by atoms with E-state index in [0.717, 1.165) is 0 Å². The molecule has 11 heteroatoms. The van der Waals surface area contributed by atoms with Gasteiger partial charge in [-0.05, 0) is 0 Å². The van der Waals surface area contributed by atoms with Crippen molar-refractivity contribution >= 4 is 23.9 Å². The second-order valence-electron chi connectivity index (χ2n) is 2.91. The molecule has 0 fully saturated rings. The summed E-state index contributed by atoms with van der Waals surface area (Å²) in [5.41, 5.74) is 9.42. The molecule has 0 aliphatic rings. The number of aliphatic carboxylic acids is 1. The Labute approximate surface area is 94.8 Å². The molecule has 0 aliphatic carbocycles. The molecule has 0 radical (unpaired) electrons. The normalized spacial score (nSPS) is 11.4. The average molecular weight is 248 g/mol. The fourth-order valence-electron chi connectivity index (χ4n) is 0.845. The van der Waals surface area contributed by atoms with Gasteiger partial charge in [0.2, 0.25) is 5.91 Å². The van der Waals surface area contributed by atoms with Crippen molar-refractivity contribution in [1.82, 2.24) is 10.0 Å². The Kier molecular flexibility index (Phi) is 4.83. The van der Waals surface area contributed by atoms with E-state index in [0.29, 0.717) is 0 Å². The van der Waals surface area contributed by atoms with Crippen molar-refractivity contribution < 1.29 is 24.3 Å². The number of nitrogens with two attached hydrogens (primary N) is 4. The Morgan fingerprint density at radius 1 is 1.06 bits per heavy atom. The average Bonchev–Trinajstić information content (AvgIpc) is 2.22. The molecule has 0 aliphatic heterocycles. The molecule has 0 spiro atoms. The van der Waals surface area contributed by atoms with E-state index in [1.807, 2.05) is 0 Å². The first-order valence-electron chi connectivity index (χ1n) is 4.11. The Morgan fingerprint density at radius 3 is 1.82 bits per heavy atom. The number of hydrogen-bond donors (Lipinski definition) is 5. The number of carbonyl (C=O) groups excluding carboxylic acids is 3.